The quantitative estimate of drug-likeness (QED) is 0.753. The van der Waals surface area contributed by atoms with E-state index in [1.165, 1.54) is 6.39 Å². The summed E-state index contributed by atoms with van der Waals surface area (Å²) >= 11 is 0. The standard InChI is InChI=1S/C18H15N3O3/c19-17(22)16(13-4-2-1-3-5-13)21-18(23)14-8-6-12(7-9-14)15-10-20-11-24-15/h1-11,16H,(H2,19,22)(H,21,23). The van der Waals surface area contributed by atoms with Crippen molar-refractivity contribution in [3.63, 3.8) is 0 Å². The molecule has 24 heavy (non-hydrogen) atoms. The van der Waals surface area contributed by atoms with E-state index in [1.807, 2.05) is 6.07 Å². The van der Waals surface area contributed by atoms with Crippen molar-refractivity contribution < 1.29 is 14.0 Å². The molecule has 2 amide bonds. The minimum Gasteiger partial charge on any atom is -0.444 e. The van der Waals surface area contributed by atoms with Crippen LogP contribution in [0.5, 0.6) is 0 Å². The number of nitrogens with zero attached hydrogens (tertiary/aromatic N) is 1. The molecule has 120 valence electrons. The van der Waals surface area contributed by atoms with Crippen molar-refractivity contribution in [2.45, 2.75) is 6.04 Å². The fraction of sp³-hybridized carbons (Fsp3) is 0.0556. The lowest BCUT2D eigenvalue weighted by Crippen LogP contribution is -2.37. The molecule has 0 bridgehead atoms. The van der Waals surface area contributed by atoms with Crippen LogP contribution >= 0.6 is 0 Å². The van der Waals surface area contributed by atoms with E-state index in [4.69, 9.17) is 10.2 Å². The number of aromatic nitrogens is 1. The number of nitrogens with one attached hydrogen (secondary N) is 1. The first kappa shape index (κ1) is 15.5. The summed E-state index contributed by atoms with van der Waals surface area (Å²) in [6, 6.07) is 14.8. The molecule has 0 spiro atoms. The average molecular weight is 321 g/mol. The van der Waals surface area contributed by atoms with Crippen molar-refractivity contribution in [3.8, 4) is 11.3 Å². The van der Waals surface area contributed by atoms with E-state index >= 15 is 0 Å². The third kappa shape index (κ3) is 3.33. The van der Waals surface area contributed by atoms with Crippen molar-refractivity contribution in [3.05, 3.63) is 78.3 Å². The summed E-state index contributed by atoms with van der Waals surface area (Å²) in [7, 11) is 0. The fourth-order valence-electron chi connectivity index (χ4n) is 2.32. The van der Waals surface area contributed by atoms with Gasteiger partial charge in [0.1, 0.15) is 6.04 Å². The Hall–Kier alpha value is -3.41. The largest absolute Gasteiger partial charge is 0.444 e. The molecule has 6 nitrogen and oxygen atoms in total. The zero-order valence-electron chi connectivity index (χ0n) is 12.7. The molecule has 1 unspecified atom stereocenters. The molecule has 0 saturated heterocycles. The minimum absolute atomic E-state index is 0.383. The van der Waals surface area contributed by atoms with E-state index in [0.29, 0.717) is 16.9 Å². The van der Waals surface area contributed by atoms with Gasteiger partial charge in [0.05, 0.1) is 6.20 Å². The molecule has 0 fully saturated rings. The molecule has 1 heterocycles. The van der Waals surface area contributed by atoms with Gasteiger partial charge >= 0.3 is 0 Å². The first-order valence-corrected chi connectivity index (χ1v) is 7.29. The number of carbonyl (C=O) groups is 2. The van der Waals surface area contributed by atoms with Crippen LogP contribution in [0.4, 0.5) is 0 Å². The first-order valence-electron chi connectivity index (χ1n) is 7.29. The number of benzene rings is 2. The smallest absolute Gasteiger partial charge is 0.252 e. The zero-order chi connectivity index (χ0) is 16.9. The number of oxazole rings is 1. The van der Waals surface area contributed by atoms with Crippen LogP contribution < -0.4 is 11.1 Å². The molecule has 3 N–H and O–H groups in total. The van der Waals surface area contributed by atoms with Crippen LogP contribution in [0, 0.1) is 0 Å². The Morgan fingerprint density at radius 1 is 1.04 bits per heavy atom. The van der Waals surface area contributed by atoms with Crippen LogP contribution in [-0.4, -0.2) is 16.8 Å². The highest BCUT2D eigenvalue weighted by atomic mass is 16.3. The molecule has 0 aliphatic heterocycles. The number of primary amides is 1. The summed E-state index contributed by atoms with van der Waals surface area (Å²) < 4.78 is 5.20. The van der Waals surface area contributed by atoms with Gasteiger partial charge in [0, 0.05) is 11.1 Å². The molecule has 6 heteroatoms. The van der Waals surface area contributed by atoms with Gasteiger partial charge in [-0.05, 0) is 17.7 Å². The van der Waals surface area contributed by atoms with Gasteiger partial charge in [-0.3, -0.25) is 9.59 Å². The van der Waals surface area contributed by atoms with Crippen LogP contribution in [0.15, 0.2) is 71.6 Å². The second kappa shape index (κ2) is 6.78. The summed E-state index contributed by atoms with van der Waals surface area (Å²) in [5, 5.41) is 2.65. The predicted octanol–water partition coefficient (Wildman–Crippen LogP) is 2.30. The van der Waals surface area contributed by atoms with E-state index in [-0.39, 0.29) is 5.91 Å². The summed E-state index contributed by atoms with van der Waals surface area (Å²) in [5.74, 6) is -0.388. The van der Waals surface area contributed by atoms with Crippen LogP contribution in [-0.2, 0) is 4.79 Å². The minimum atomic E-state index is -0.882. The normalized spacial score (nSPS) is 11.7. The summed E-state index contributed by atoms with van der Waals surface area (Å²) in [5.41, 5.74) is 7.27. The summed E-state index contributed by atoms with van der Waals surface area (Å²) in [6.07, 6.45) is 2.93. The molecule has 0 aliphatic rings. The number of hydrogen-bond acceptors (Lipinski definition) is 4. The van der Waals surface area contributed by atoms with E-state index in [0.717, 1.165) is 5.56 Å². The fourth-order valence-corrected chi connectivity index (χ4v) is 2.32. The highest BCUT2D eigenvalue weighted by Gasteiger charge is 2.20. The van der Waals surface area contributed by atoms with Crippen LogP contribution in [0.2, 0.25) is 0 Å². The SMILES string of the molecule is NC(=O)C(NC(=O)c1ccc(-c2cnco2)cc1)c1ccccc1. The van der Waals surface area contributed by atoms with Gasteiger partial charge in [-0.2, -0.15) is 0 Å². The Kier molecular flexibility index (Phi) is 4.38. The first-order chi connectivity index (χ1) is 11.6. The number of rotatable bonds is 5. The van der Waals surface area contributed by atoms with Gasteiger partial charge in [-0.1, -0.05) is 42.5 Å². The molecule has 0 radical (unpaired) electrons. The average Bonchev–Trinajstić information content (AvgIpc) is 3.15. The van der Waals surface area contributed by atoms with Gasteiger partial charge < -0.3 is 15.5 Å². The highest BCUT2D eigenvalue weighted by Crippen LogP contribution is 2.19. The maximum Gasteiger partial charge on any atom is 0.252 e. The van der Waals surface area contributed by atoms with Crippen molar-refractivity contribution >= 4 is 11.8 Å². The van der Waals surface area contributed by atoms with E-state index in [2.05, 4.69) is 10.3 Å². The van der Waals surface area contributed by atoms with Gasteiger partial charge in [0.25, 0.3) is 5.91 Å². The Morgan fingerprint density at radius 3 is 2.33 bits per heavy atom. The lowest BCUT2D eigenvalue weighted by atomic mass is 10.1. The molecule has 0 aliphatic carbocycles. The van der Waals surface area contributed by atoms with E-state index < -0.39 is 11.9 Å². The van der Waals surface area contributed by atoms with Gasteiger partial charge in [-0.15, -0.1) is 0 Å². The van der Waals surface area contributed by atoms with E-state index in [1.54, 1.807) is 54.7 Å². The molecule has 3 aromatic rings. The van der Waals surface area contributed by atoms with Crippen molar-refractivity contribution in [1.29, 1.82) is 0 Å². The summed E-state index contributed by atoms with van der Waals surface area (Å²) in [6.45, 7) is 0. The Balaban J connectivity index is 1.77. The number of carbonyl (C=O) groups excluding carboxylic acids is 2. The Bertz CT molecular complexity index is 828. The molecule has 1 atom stereocenters. The molecule has 0 saturated carbocycles. The van der Waals surface area contributed by atoms with Gasteiger partial charge in [0.15, 0.2) is 12.2 Å². The van der Waals surface area contributed by atoms with Crippen LogP contribution in [0.3, 0.4) is 0 Å². The second-order valence-electron chi connectivity index (χ2n) is 5.16. The maximum atomic E-state index is 12.4. The Morgan fingerprint density at radius 2 is 1.75 bits per heavy atom. The highest BCUT2D eigenvalue weighted by molar-refractivity contribution is 5.97. The predicted molar refractivity (Wildman–Crippen MR) is 87.8 cm³/mol. The van der Waals surface area contributed by atoms with Crippen LogP contribution in [0.25, 0.3) is 11.3 Å². The van der Waals surface area contributed by atoms with Gasteiger partial charge in [-0.25, -0.2) is 4.98 Å². The van der Waals surface area contributed by atoms with Crippen LogP contribution in [0.1, 0.15) is 22.0 Å². The van der Waals surface area contributed by atoms with Gasteiger partial charge in [0.2, 0.25) is 5.91 Å². The molecule has 2 aromatic carbocycles. The van der Waals surface area contributed by atoms with Crippen molar-refractivity contribution in [1.82, 2.24) is 10.3 Å². The number of hydrogen-bond donors (Lipinski definition) is 2. The number of amides is 2. The lowest BCUT2D eigenvalue weighted by molar-refractivity contribution is -0.120. The molecule has 1 aromatic heterocycles. The Labute approximate surface area is 138 Å². The van der Waals surface area contributed by atoms with E-state index in [9.17, 15) is 9.59 Å². The van der Waals surface area contributed by atoms with Crippen molar-refractivity contribution in [2.24, 2.45) is 5.73 Å². The zero-order valence-corrected chi connectivity index (χ0v) is 12.7. The summed E-state index contributed by atoms with van der Waals surface area (Å²) in [4.78, 5) is 27.9. The van der Waals surface area contributed by atoms with Crippen molar-refractivity contribution in [2.75, 3.05) is 0 Å². The second-order valence-corrected chi connectivity index (χ2v) is 5.16. The topological polar surface area (TPSA) is 98.2 Å². The molecular weight excluding hydrogens is 306 g/mol. The lowest BCUT2D eigenvalue weighted by Gasteiger charge is -2.16. The molecule has 3 rings (SSSR count). The maximum absolute atomic E-state index is 12.4. The molecular formula is C18H15N3O3. The third-order valence-electron chi connectivity index (χ3n) is 3.56. The number of nitrogens with two attached hydrogens (primary N) is 1. The third-order valence-corrected chi connectivity index (χ3v) is 3.56. The monoisotopic (exact) mass is 321 g/mol.